The van der Waals surface area contributed by atoms with Gasteiger partial charge in [0.25, 0.3) is 5.91 Å². The van der Waals surface area contributed by atoms with Crippen molar-refractivity contribution in [1.82, 2.24) is 4.90 Å². The van der Waals surface area contributed by atoms with E-state index in [1.165, 1.54) is 0 Å². The van der Waals surface area contributed by atoms with Crippen LogP contribution in [0.15, 0.2) is 24.3 Å². The van der Waals surface area contributed by atoms with Gasteiger partial charge < -0.3 is 10.0 Å². The molecule has 1 aromatic rings. The predicted molar refractivity (Wildman–Crippen MR) is 74.2 cm³/mol. The Morgan fingerprint density at radius 2 is 1.89 bits per heavy atom. The van der Waals surface area contributed by atoms with Crippen molar-refractivity contribution >= 4 is 11.9 Å². The van der Waals surface area contributed by atoms with E-state index in [2.05, 4.69) is 0 Å². The Hall–Kier alpha value is -1.84. The van der Waals surface area contributed by atoms with Crippen LogP contribution < -0.4 is 0 Å². The van der Waals surface area contributed by atoms with Crippen LogP contribution in [0.2, 0.25) is 0 Å². The number of nitrogens with zero attached hydrogens (tertiary/aromatic N) is 1. The maximum atomic E-state index is 12.5. The highest BCUT2D eigenvalue weighted by molar-refractivity contribution is 5.96. The highest BCUT2D eigenvalue weighted by Gasteiger charge is 2.20. The topological polar surface area (TPSA) is 57.6 Å². The molecule has 0 bridgehead atoms. The van der Waals surface area contributed by atoms with Crippen molar-refractivity contribution in [3.63, 3.8) is 0 Å². The van der Waals surface area contributed by atoms with Gasteiger partial charge in [-0.3, -0.25) is 9.59 Å². The lowest BCUT2D eigenvalue weighted by atomic mass is 10.0. The molecule has 104 valence electrons. The van der Waals surface area contributed by atoms with E-state index in [4.69, 9.17) is 5.11 Å². The lowest BCUT2D eigenvalue weighted by molar-refractivity contribution is -0.136. The Labute approximate surface area is 114 Å². The first-order valence-electron chi connectivity index (χ1n) is 6.58. The van der Waals surface area contributed by atoms with E-state index in [9.17, 15) is 9.59 Å². The summed E-state index contributed by atoms with van der Waals surface area (Å²) in [4.78, 5) is 25.1. The molecule has 0 aliphatic heterocycles. The zero-order chi connectivity index (χ0) is 14.4. The fourth-order valence-corrected chi connectivity index (χ4v) is 2.04. The minimum absolute atomic E-state index is 0.0892. The molecule has 0 saturated carbocycles. The number of hydrogen-bond acceptors (Lipinski definition) is 2. The van der Waals surface area contributed by atoms with Crippen LogP contribution in [0.5, 0.6) is 0 Å². The number of amides is 1. The molecule has 0 atom stereocenters. The number of carbonyl (C=O) groups excluding carboxylic acids is 1. The van der Waals surface area contributed by atoms with Crippen LogP contribution >= 0.6 is 0 Å². The second kappa shape index (κ2) is 6.92. The lowest BCUT2D eigenvalue weighted by Crippen LogP contribution is -2.38. The van der Waals surface area contributed by atoms with E-state index in [0.717, 1.165) is 6.42 Å². The van der Waals surface area contributed by atoms with Crippen LogP contribution in [0.3, 0.4) is 0 Å². The van der Waals surface area contributed by atoms with E-state index in [-0.39, 0.29) is 18.4 Å². The lowest BCUT2D eigenvalue weighted by Gasteiger charge is -2.27. The maximum Gasteiger partial charge on any atom is 0.307 e. The van der Waals surface area contributed by atoms with Gasteiger partial charge >= 0.3 is 5.97 Å². The van der Waals surface area contributed by atoms with Crippen molar-refractivity contribution < 1.29 is 14.7 Å². The van der Waals surface area contributed by atoms with Gasteiger partial charge in [0.05, 0.1) is 6.42 Å². The van der Waals surface area contributed by atoms with Gasteiger partial charge in [-0.25, -0.2) is 0 Å². The standard InChI is InChI=1S/C15H21NO3/c1-4-9-16(11(2)3)15(19)13-8-6-5-7-12(13)10-14(17)18/h5-8,11H,4,9-10H2,1-3H3,(H,17,18). The van der Waals surface area contributed by atoms with E-state index in [0.29, 0.717) is 17.7 Å². The molecule has 1 amide bonds. The molecule has 19 heavy (non-hydrogen) atoms. The molecule has 0 saturated heterocycles. The summed E-state index contributed by atoms with van der Waals surface area (Å²) in [5.74, 6) is -1.01. The summed E-state index contributed by atoms with van der Waals surface area (Å²) < 4.78 is 0. The Bertz CT molecular complexity index is 454. The second-order valence-electron chi connectivity index (χ2n) is 4.82. The van der Waals surface area contributed by atoms with Crippen molar-refractivity contribution in [3.05, 3.63) is 35.4 Å². The number of benzene rings is 1. The monoisotopic (exact) mass is 263 g/mol. The molecule has 4 heteroatoms. The molecular formula is C15H21NO3. The van der Waals surface area contributed by atoms with E-state index >= 15 is 0 Å². The molecule has 1 rings (SSSR count). The molecule has 1 N–H and O–H groups in total. The van der Waals surface area contributed by atoms with Crippen molar-refractivity contribution in [2.75, 3.05) is 6.54 Å². The van der Waals surface area contributed by atoms with Crippen molar-refractivity contribution in [1.29, 1.82) is 0 Å². The number of carbonyl (C=O) groups is 2. The van der Waals surface area contributed by atoms with Crippen LogP contribution in [0.1, 0.15) is 43.1 Å². The van der Waals surface area contributed by atoms with Gasteiger partial charge in [0.2, 0.25) is 0 Å². The number of carboxylic acid groups (broad SMARTS) is 1. The molecule has 0 fully saturated rings. The summed E-state index contributed by atoms with van der Waals surface area (Å²) in [6, 6.07) is 7.03. The fourth-order valence-electron chi connectivity index (χ4n) is 2.04. The molecule has 4 nitrogen and oxygen atoms in total. The Morgan fingerprint density at radius 1 is 1.26 bits per heavy atom. The first-order chi connectivity index (χ1) is 8.97. The number of carboxylic acids is 1. The SMILES string of the molecule is CCCN(C(=O)c1ccccc1CC(=O)O)C(C)C. The average molecular weight is 263 g/mol. The summed E-state index contributed by atoms with van der Waals surface area (Å²) in [7, 11) is 0. The zero-order valence-electron chi connectivity index (χ0n) is 11.7. The summed E-state index contributed by atoms with van der Waals surface area (Å²) in [6.45, 7) is 6.63. The summed E-state index contributed by atoms with van der Waals surface area (Å²) in [5.41, 5.74) is 1.06. The number of hydrogen-bond donors (Lipinski definition) is 1. The minimum Gasteiger partial charge on any atom is -0.481 e. The highest BCUT2D eigenvalue weighted by Crippen LogP contribution is 2.15. The van der Waals surface area contributed by atoms with Gasteiger partial charge in [-0.05, 0) is 31.9 Å². The largest absolute Gasteiger partial charge is 0.481 e. The Kier molecular flexibility index (Phi) is 5.55. The van der Waals surface area contributed by atoms with Crippen LogP contribution in [-0.4, -0.2) is 34.5 Å². The zero-order valence-corrected chi connectivity index (χ0v) is 11.7. The minimum atomic E-state index is -0.924. The maximum absolute atomic E-state index is 12.5. The van der Waals surface area contributed by atoms with Crippen LogP contribution in [0, 0.1) is 0 Å². The third kappa shape index (κ3) is 4.09. The molecule has 0 radical (unpaired) electrons. The fraction of sp³-hybridized carbons (Fsp3) is 0.467. The molecular weight excluding hydrogens is 242 g/mol. The van der Waals surface area contributed by atoms with Crippen molar-refractivity contribution in [2.24, 2.45) is 0 Å². The summed E-state index contributed by atoms with van der Waals surface area (Å²) in [5, 5.41) is 8.90. The van der Waals surface area contributed by atoms with E-state index in [1.54, 1.807) is 29.2 Å². The Morgan fingerprint density at radius 3 is 2.42 bits per heavy atom. The first-order valence-corrected chi connectivity index (χ1v) is 6.58. The van der Waals surface area contributed by atoms with Gasteiger partial charge in [0, 0.05) is 18.2 Å². The van der Waals surface area contributed by atoms with Crippen molar-refractivity contribution in [2.45, 2.75) is 39.7 Å². The third-order valence-electron chi connectivity index (χ3n) is 2.94. The molecule has 0 heterocycles. The van der Waals surface area contributed by atoms with Crippen LogP contribution in [-0.2, 0) is 11.2 Å². The number of aliphatic carboxylic acids is 1. The van der Waals surface area contributed by atoms with Gasteiger partial charge in [0.1, 0.15) is 0 Å². The Balaban J connectivity index is 3.06. The molecule has 0 aliphatic carbocycles. The first kappa shape index (κ1) is 15.2. The number of rotatable bonds is 6. The molecule has 0 aromatic heterocycles. The highest BCUT2D eigenvalue weighted by atomic mass is 16.4. The van der Waals surface area contributed by atoms with Crippen LogP contribution in [0.25, 0.3) is 0 Å². The van der Waals surface area contributed by atoms with Gasteiger partial charge in [-0.2, -0.15) is 0 Å². The van der Waals surface area contributed by atoms with Gasteiger partial charge in [-0.1, -0.05) is 25.1 Å². The summed E-state index contributed by atoms with van der Waals surface area (Å²) in [6.07, 6.45) is 0.755. The molecule has 0 spiro atoms. The van der Waals surface area contributed by atoms with Crippen molar-refractivity contribution in [3.8, 4) is 0 Å². The molecule has 0 aliphatic rings. The predicted octanol–water partition coefficient (Wildman–Crippen LogP) is 2.57. The second-order valence-corrected chi connectivity index (χ2v) is 4.82. The van der Waals surface area contributed by atoms with E-state index < -0.39 is 5.97 Å². The van der Waals surface area contributed by atoms with Crippen LogP contribution in [0.4, 0.5) is 0 Å². The smallest absolute Gasteiger partial charge is 0.307 e. The third-order valence-corrected chi connectivity index (χ3v) is 2.94. The van der Waals surface area contributed by atoms with E-state index in [1.807, 2.05) is 20.8 Å². The molecule has 1 aromatic carbocycles. The molecule has 0 unspecified atom stereocenters. The van der Waals surface area contributed by atoms with Gasteiger partial charge in [-0.15, -0.1) is 0 Å². The van der Waals surface area contributed by atoms with Gasteiger partial charge in [0.15, 0.2) is 0 Å². The summed E-state index contributed by atoms with van der Waals surface area (Å²) >= 11 is 0. The quantitative estimate of drug-likeness (QED) is 0.858. The average Bonchev–Trinajstić information content (AvgIpc) is 2.34. The normalized spacial score (nSPS) is 10.5.